The van der Waals surface area contributed by atoms with Crippen LogP contribution in [0.5, 0.6) is 5.75 Å². The number of aryl methyl sites for hydroxylation is 2. The number of alkyl halides is 3. The van der Waals surface area contributed by atoms with Crippen LogP contribution in [0.3, 0.4) is 0 Å². The molecular weight excluding hydrogens is 457 g/mol. The average molecular weight is 483 g/mol. The first-order valence-corrected chi connectivity index (χ1v) is 12.3. The molecule has 0 atom stereocenters. The summed E-state index contributed by atoms with van der Waals surface area (Å²) in [4.78, 5) is 12.9. The zero-order valence-corrected chi connectivity index (χ0v) is 18.7. The van der Waals surface area contributed by atoms with Crippen molar-refractivity contribution in [3.63, 3.8) is 0 Å². The van der Waals surface area contributed by atoms with E-state index in [2.05, 4.69) is 10.1 Å². The van der Waals surface area contributed by atoms with Gasteiger partial charge >= 0.3 is 6.36 Å². The van der Waals surface area contributed by atoms with Gasteiger partial charge in [-0.2, -0.15) is 4.31 Å². The van der Waals surface area contributed by atoms with Crippen LogP contribution in [-0.2, 0) is 27.7 Å². The molecular formula is C23H25F3N2O4S. The van der Waals surface area contributed by atoms with Crippen molar-refractivity contribution in [3.8, 4) is 5.75 Å². The molecule has 0 aromatic heterocycles. The monoisotopic (exact) mass is 482 g/mol. The van der Waals surface area contributed by atoms with E-state index in [-0.39, 0.29) is 36.5 Å². The fourth-order valence-electron chi connectivity index (χ4n) is 4.40. The maximum Gasteiger partial charge on any atom is 0.573 e. The maximum atomic E-state index is 13.1. The molecule has 1 aliphatic heterocycles. The highest BCUT2D eigenvalue weighted by Gasteiger charge is 2.34. The summed E-state index contributed by atoms with van der Waals surface area (Å²) >= 11 is 0. The van der Waals surface area contributed by atoms with Crippen LogP contribution in [0.25, 0.3) is 0 Å². The first-order valence-electron chi connectivity index (χ1n) is 10.9. The Balaban J connectivity index is 1.39. The van der Waals surface area contributed by atoms with Crippen LogP contribution < -0.4 is 10.1 Å². The molecule has 1 amide bonds. The summed E-state index contributed by atoms with van der Waals surface area (Å²) in [6, 6.07) is 10.6. The third kappa shape index (κ3) is 5.50. The number of rotatable bonds is 5. The van der Waals surface area contributed by atoms with Crippen LogP contribution in [-0.4, -0.2) is 38.1 Å². The highest BCUT2D eigenvalue weighted by atomic mass is 32.2. The lowest BCUT2D eigenvalue weighted by Gasteiger charge is -2.31. The minimum atomic E-state index is -4.88. The van der Waals surface area contributed by atoms with E-state index in [1.165, 1.54) is 28.1 Å². The zero-order chi connectivity index (χ0) is 23.6. The summed E-state index contributed by atoms with van der Waals surface area (Å²) in [5.41, 5.74) is 2.20. The van der Waals surface area contributed by atoms with Gasteiger partial charge in [-0.1, -0.05) is 18.2 Å². The molecule has 1 heterocycles. The van der Waals surface area contributed by atoms with Gasteiger partial charge in [0.05, 0.1) is 10.6 Å². The fraction of sp³-hybridized carbons (Fsp3) is 0.435. The SMILES string of the molecule is O=C(Nc1ccccc1OC(F)(F)F)C1CCN(S(=O)(=O)c2ccc3c(c2)CCCC3)CC1. The van der Waals surface area contributed by atoms with Gasteiger partial charge in [0.15, 0.2) is 5.75 Å². The standard InChI is InChI=1S/C23H25F3N2O4S/c24-23(25,26)32-21-8-4-3-7-20(21)27-22(29)17-11-13-28(14-12-17)33(30,31)19-10-9-16-5-1-2-6-18(16)15-19/h3-4,7-10,15,17H,1-2,5-6,11-14H2,(H,27,29). The molecule has 33 heavy (non-hydrogen) atoms. The van der Waals surface area contributed by atoms with Crippen LogP contribution >= 0.6 is 0 Å². The molecule has 2 aliphatic rings. The first kappa shape index (κ1) is 23.6. The number of fused-ring (bicyclic) bond motifs is 1. The molecule has 1 saturated heterocycles. The van der Waals surface area contributed by atoms with E-state index >= 15 is 0 Å². The average Bonchev–Trinajstić information content (AvgIpc) is 2.79. The molecule has 4 rings (SSSR count). The lowest BCUT2D eigenvalue weighted by atomic mass is 9.92. The minimum absolute atomic E-state index is 0.0797. The number of ether oxygens (including phenoxy) is 1. The summed E-state index contributed by atoms with van der Waals surface area (Å²) in [5.74, 6) is -1.47. The Morgan fingerprint density at radius 1 is 1.00 bits per heavy atom. The number of anilines is 1. The molecule has 0 spiro atoms. The number of hydrogen-bond donors (Lipinski definition) is 1. The topological polar surface area (TPSA) is 75.7 Å². The lowest BCUT2D eigenvalue weighted by molar-refractivity contribution is -0.274. The number of nitrogens with one attached hydrogen (secondary N) is 1. The van der Waals surface area contributed by atoms with Crippen molar-refractivity contribution in [2.45, 2.75) is 49.8 Å². The second-order valence-corrected chi connectivity index (χ2v) is 10.3. The van der Waals surface area contributed by atoms with Gasteiger partial charge in [0.2, 0.25) is 15.9 Å². The first-order chi connectivity index (χ1) is 15.6. The van der Waals surface area contributed by atoms with E-state index < -0.39 is 34.0 Å². The predicted molar refractivity (Wildman–Crippen MR) is 116 cm³/mol. The van der Waals surface area contributed by atoms with E-state index in [1.54, 1.807) is 12.1 Å². The molecule has 1 fully saturated rings. The van der Waals surface area contributed by atoms with Crippen LogP contribution in [0.4, 0.5) is 18.9 Å². The molecule has 6 nitrogen and oxygen atoms in total. The fourth-order valence-corrected chi connectivity index (χ4v) is 5.92. The van der Waals surface area contributed by atoms with Crippen LogP contribution in [0.2, 0.25) is 0 Å². The van der Waals surface area contributed by atoms with Crippen LogP contribution in [0, 0.1) is 5.92 Å². The molecule has 178 valence electrons. The van der Waals surface area contributed by atoms with Crippen molar-refractivity contribution in [3.05, 3.63) is 53.6 Å². The van der Waals surface area contributed by atoms with Gasteiger partial charge in [0.1, 0.15) is 0 Å². The summed E-state index contributed by atoms with van der Waals surface area (Å²) in [6.45, 7) is 0.330. The summed E-state index contributed by atoms with van der Waals surface area (Å²) < 4.78 is 69.4. The van der Waals surface area contributed by atoms with Gasteiger partial charge in [-0.15, -0.1) is 13.2 Å². The van der Waals surface area contributed by atoms with Gasteiger partial charge in [-0.3, -0.25) is 4.79 Å². The normalized spacial score (nSPS) is 17.9. The number of amides is 1. The number of para-hydroxylation sites is 2. The molecule has 0 saturated carbocycles. The van der Waals surface area contributed by atoms with Crippen molar-refractivity contribution < 1.29 is 31.1 Å². The third-order valence-corrected chi connectivity index (χ3v) is 8.05. The summed E-state index contributed by atoms with van der Waals surface area (Å²) in [5, 5.41) is 2.49. The molecule has 0 bridgehead atoms. The number of carbonyl (C=O) groups is 1. The largest absolute Gasteiger partial charge is 0.573 e. The van der Waals surface area contributed by atoms with Crippen LogP contribution in [0.15, 0.2) is 47.4 Å². The number of halogens is 3. The molecule has 10 heteroatoms. The van der Waals surface area contributed by atoms with Gasteiger partial charge in [0.25, 0.3) is 0 Å². The number of nitrogens with zero attached hydrogens (tertiary/aromatic N) is 1. The summed E-state index contributed by atoms with van der Waals surface area (Å²) in [7, 11) is -3.67. The highest BCUT2D eigenvalue weighted by molar-refractivity contribution is 7.89. The Labute approximate surface area is 190 Å². The molecule has 0 unspecified atom stereocenters. The number of benzene rings is 2. The van der Waals surface area contributed by atoms with E-state index in [0.29, 0.717) is 0 Å². The smallest absolute Gasteiger partial charge is 0.404 e. The summed E-state index contributed by atoms with van der Waals surface area (Å²) in [6.07, 6.45) is -0.322. The van der Waals surface area contributed by atoms with Gasteiger partial charge in [-0.05, 0) is 73.9 Å². The Kier molecular flexibility index (Phi) is 6.67. The third-order valence-electron chi connectivity index (χ3n) is 6.15. The Morgan fingerprint density at radius 2 is 1.67 bits per heavy atom. The van der Waals surface area contributed by atoms with Crippen molar-refractivity contribution >= 4 is 21.6 Å². The van der Waals surface area contributed by atoms with Gasteiger partial charge < -0.3 is 10.1 Å². The highest BCUT2D eigenvalue weighted by Crippen LogP contribution is 2.32. The van der Waals surface area contributed by atoms with Crippen LogP contribution in [0.1, 0.15) is 36.8 Å². The van der Waals surface area contributed by atoms with Crippen molar-refractivity contribution in [1.82, 2.24) is 4.31 Å². The number of hydrogen-bond acceptors (Lipinski definition) is 4. The van der Waals surface area contributed by atoms with E-state index in [1.807, 2.05) is 6.07 Å². The Hall–Kier alpha value is -2.59. The number of sulfonamides is 1. The quantitative estimate of drug-likeness (QED) is 0.681. The molecule has 2 aromatic carbocycles. The second kappa shape index (κ2) is 9.34. The van der Waals surface area contributed by atoms with Gasteiger partial charge in [0, 0.05) is 19.0 Å². The minimum Gasteiger partial charge on any atom is -0.404 e. The zero-order valence-electron chi connectivity index (χ0n) is 17.9. The maximum absolute atomic E-state index is 13.1. The van der Waals surface area contributed by atoms with E-state index in [0.717, 1.165) is 37.3 Å². The Morgan fingerprint density at radius 3 is 2.36 bits per heavy atom. The van der Waals surface area contributed by atoms with E-state index in [9.17, 15) is 26.4 Å². The van der Waals surface area contributed by atoms with Gasteiger partial charge in [-0.25, -0.2) is 8.42 Å². The molecule has 0 radical (unpaired) electrons. The molecule has 1 N–H and O–H groups in total. The predicted octanol–water partition coefficient (Wildman–Crippen LogP) is 4.50. The molecule has 2 aromatic rings. The number of carbonyl (C=O) groups excluding carboxylic acids is 1. The van der Waals surface area contributed by atoms with E-state index in [4.69, 9.17) is 0 Å². The lowest BCUT2D eigenvalue weighted by Crippen LogP contribution is -2.41. The van der Waals surface area contributed by atoms with Crippen molar-refractivity contribution in [2.75, 3.05) is 18.4 Å². The number of piperidine rings is 1. The van der Waals surface area contributed by atoms with Crippen molar-refractivity contribution in [1.29, 1.82) is 0 Å². The second-order valence-electron chi connectivity index (χ2n) is 8.35. The molecule has 1 aliphatic carbocycles. The van der Waals surface area contributed by atoms with Crippen molar-refractivity contribution in [2.24, 2.45) is 5.92 Å². The Bertz CT molecular complexity index is 1130.